The van der Waals surface area contributed by atoms with E-state index < -0.39 is 11.6 Å². The molecule has 0 spiro atoms. The Kier molecular flexibility index (Phi) is 6.71. The second-order valence-electron chi connectivity index (χ2n) is 5.88. The molecule has 0 amide bonds. The van der Waals surface area contributed by atoms with E-state index in [0.717, 1.165) is 22.1 Å². The van der Waals surface area contributed by atoms with Crippen LogP contribution in [-0.2, 0) is 4.79 Å². The van der Waals surface area contributed by atoms with Crippen molar-refractivity contribution in [3.05, 3.63) is 58.4 Å². The highest BCUT2D eigenvalue weighted by atomic mass is 16.4. The molecule has 0 aliphatic carbocycles. The summed E-state index contributed by atoms with van der Waals surface area (Å²) in [7, 11) is 1.75. The molecule has 0 bridgehead atoms. The maximum absolute atomic E-state index is 12.0. The maximum Gasteiger partial charge on any atom is 0.338 e. The number of rotatable bonds is 5. The number of carboxylic acid groups (broad SMARTS) is 1. The fourth-order valence-electron chi connectivity index (χ4n) is 2.72. The molecule has 0 radical (unpaired) electrons. The van der Waals surface area contributed by atoms with Crippen LogP contribution in [0.25, 0.3) is 22.2 Å². The van der Waals surface area contributed by atoms with Gasteiger partial charge in [0.15, 0.2) is 0 Å². The van der Waals surface area contributed by atoms with Gasteiger partial charge in [-0.1, -0.05) is 38.1 Å². The molecule has 1 aromatic carbocycles. The normalized spacial score (nSPS) is 10.2. The van der Waals surface area contributed by atoms with E-state index in [0.29, 0.717) is 12.4 Å². The van der Waals surface area contributed by atoms with Gasteiger partial charge in [0.05, 0.1) is 6.42 Å². The van der Waals surface area contributed by atoms with Gasteiger partial charge in [-0.15, -0.1) is 0 Å². The molecule has 0 fully saturated rings. The summed E-state index contributed by atoms with van der Waals surface area (Å²) in [5.74, 6) is -0.320. The Balaban J connectivity index is 0.00000126. The third-order valence-electron chi connectivity index (χ3n) is 4.08. The van der Waals surface area contributed by atoms with E-state index in [1.807, 2.05) is 51.1 Å². The Morgan fingerprint density at radius 3 is 2.52 bits per heavy atom. The van der Waals surface area contributed by atoms with Crippen molar-refractivity contribution in [1.29, 1.82) is 0 Å². The number of aliphatic carboxylic acids is 1. The van der Waals surface area contributed by atoms with E-state index in [1.54, 1.807) is 18.0 Å². The third-order valence-corrected chi connectivity index (χ3v) is 4.08. The fraction of sp³-hybridized carbons (Fsp3) is 0.286. The van der Waals surface area contributed by atoms with Gasteiger partial charge in [-0.25, -0.2) is 4.79 Å². The SMILES string of the molecule is CC.Cc1ccccc1-c1cc(=O)oc2nc(N(C)CCC(=O)O)ccc12. The van der Waals surface area contributed by atoms with Crippen LogP contribution in [0.5, 0.6) is 0 Å². The number of hydrogen-bond donors (Lipinski definition) is 1. The zero-order valence-corrected chi connectivity index (χ0v) is 16.0. The lowest BCUT2D eigenvalue weighted by Gasteiger charge is -2.17. The minimum atomic E-state index is -0.874. The van der Waals surface area contributed by atoms with Gasteiger partial charge >= 0.3 is 11.6 Å². The van der Waals surface area contributed by atoms with Crippen molar-refractivity contribution in [2.45, 2.75) is 27.2 Å². The second kappa shape index (κ2) is 8.98. The molecule has 0 aliphatic heterocycles. The van der Waals surface area contributed by atoms with E-state index in [1.165, 1.54) is 6.07 Å². The Hall–Kier alpha value is -3.15. The van der Waals surface area contributed by atoms with Gasteiger partial charge in [-0.3, -0.25) is 4.79 Å². The van der Waals surface area contributed by atoms with Crippen LogP contribution in [0.3, 0.4) is 0 Å². The monoisotopic (exact) mass is 368 g/mol. The summed E-state index contributed by atoms with van der Waals surface area (Å²) in [6.45, 7) is 6.30. The summed E-state index contributed by atoms with van der Waals surface area (Å²) in [6.07, 6.45) is 0.00339. The minimum absolute atomic E-state index is 0.00339. The van der Waals surface area contributed by atoms with E-state index >= 15 is 0 Å². The van der Waals surface area contributed by atoms with Crippen molar-refractivity contribution in [1.82, 2.24) is 4.98 Å². The number of pyridine rings is 1. The largest absolute Gasteiger partial charge is 0.481 e. The standard InChI is InChI=1S/C19H18N2O4.C2H6/c1-12-5-3-4-6-13(12)15-11-18(24)25-19-14(15)7-8-16(20-19)21(2)10-9-17(22)23;1-2/h3-8,11H,9-10H2,1-2H3,(H,22,23);1-2H3. The predicted octanol–water partition coefficient (Wildman–Crippen LogP) is 4.10. The lowest BCUT2D eigenvalue weighted by atomic mass is 9.99. The molecule has 0 aliphatic rings. The van der Waals surface area contributed by atoms with Crippen LogP contribution in [-0.4, -0.2) is 29.7 Å². The summed E-state index contributed by atoms with van der Waals surface area (Å²) in [5.41, 5.74) is 2.55. The highest BCUT2D eigenvalue weighted by Crippen LogP contribution is 2.29. The summed E-state index contributed by atoms with van der Waals surface area (Å²) in [4.78, 5) is 28.8. The van der Waals surface area contributed by atoms with Crippen LogP contribution in [0, 0.1) is 6.92 Å². The third kappa shape index (κ3) is 4.73. The smallest absolute Gasteiger partial charge is 0.338 e. The number of anilines is 1. The van der Waals surface area contributed by atoms with Crippen molar-refractivity contribution < 1.29 is 14.3 Å². The molecular weight excluding hydrogens is 344 g/mol. The van der Waals surface area contributed by atoms with Gasteiger partial charge < -0.3 is 14.4 Å². The molecule has 0 saturated carbocycles. The molecule has 3 rings (SSSR count). The number of aryl methyl sites for hydroxylation is 1. The number of carbonyl (C=O) groups is 1. The summed E-state index contributed by atoms with van der Waals surface area (Å²) < 4.78 is 5.27. The zero-order valence-electron chi connectivity index (χ0n) is 16.0. The van der Waals surface area contributed by atoms with Crippen molar-refractivity contribution >= 4 is 22.9 Å². The highest BCUT2D eigenvalue weighted by Gasteiger charge is 2.13. The van der Waals surface area contributed by atoms with Crippen molar-refractivity contribution in [2.24, 2.45) is 0 Å². The Bertz CT molecular complexity index is 995. The van der Waals surface area contributed by atoms with Crippen LogP contribution >= 0.6 is 0 Å². The second-order valence-corrected chi connectivity index (χ2v) is 5.88. The zero-order chi connectivity index (χ0) is 20.0. The summed E-state index contributed by atoms with van der Waals surface area (Å²) in [5, 5.41) is 9.54. The fourth-order valence-corrected chi connectivity index (χ4v) is 2.72. The minimum Gasteiger partial charge on any atom is -0.481 e. The van der Waals surface area contributed by atoms with Gasteiger partial charge in [0, 0.05) is 30.6 Å². The number of fused-ring (bicyclic) bond motifs is 1. The van der Waals surface area contributed by atoms with Gasteiger partial charge in [0.2, 0.25) is 5.71 Å². The lowest BCUT2D eigenvalue weighted by Crippen LogP contribution is -2.22. The number of aromatic nitrogens is 1. The Labute approximate surface area is 158 Å². The van der Waals surface area contributed by atoms with Gasteiger partial charge in [0.25, 0.3) is 0 Å². The van der Waals surface area contributed by atoms with E-state index in [-0.39, 0.29) is 12.1 Å². The summed E-state index contributed by atoms with van der Waals surface area (Å²) in [6, 6.07) is 12.9. The van der Waals surface area contributed by atoms with Gasteiger partial charge in [0.1, 0.15) is 5.82 Å². The Morgan fingerprint density at radius 1 is 1.15 bits per heavy atom. The van der Waals surface area contributed by atoms with E-state index in [2.05, 4.69) is 4.98 Å². The molecule has 6 heteroatoms. The topological polar surface area (TPSA) is 83.6 Å². The van der Waals surface area contributed by atoms with Crippen molar-refractivity contribution in [2.75, 3.05) is 18.5 Å². The average molecular weight is 368 g/mol. The van der Waals surface area contributed by atoms with E-state index in [4.69, 9.17) is 9.52 Å². The molecule has 6 nitrogen and oxygen atoms in total. The predicted molar refractivity (Wildman–Crippen MR) is 107 cm³/mol. The van der Waals surface area contributed by atoms with Crippen LogP contribution < -0.4 is 10.5 Å². The number of carboxylic acids is 1. The summed E-state index contributed by atoms with van der Waals surface area (Å²) >= 11 is 0. The molecule has 27 heavy (non-hydrogen) atoms. The number of nitrogens with zero attached hydrogens (tertiary/aromatic N) is 2. The molecule has 3 aromatic rings. The molecule has 0 unspecified atom stereocenters. The number of hydrogen-bond acceptors (Lipinski definition) is 5. The first-order valence-corrected chi connectivity index (χ1v) is 8.89. The molecular formula is C21H24N2O4. The molecule has 1 N–H and O–H groups in total. The van der Waals surface area contributed by atoms with Crippen molar-refractivity contribution in [3.8, 4) is 11.1 Å². The van der Waals surface area contributed by atoms with Gasteiger partial charge in [-0.05, 0) is 30.2 Å². The molecule has 0 saturated heterocycles. The molecule has 2 aromatic heterocycles. The van der Waals surface area contributed by atoms with Crippen molar-refractivity contribution in [3.63, 3.8) is 0 Å². The lowest BCUT2D eigenvalue weighted by molar-refractivity contribution is -0.136. The van der Waals surface area contributed by atoms with Crippen LogP contribution in [0.15, 0.2) is 51.7 Å². The van der Waals surface area contributed by atoms with Crippen LogP contribution in [0.4, 0.5) is 5.82 Å². The number of benzene rings is 1. The van der Waals surface area contributed by atoms with E-state index in [9.17, 15) is 9.59 Å². The first-order valence-electron chi connectivity index (χ1n) is 8.89. The first-order chi connectivity index (χ1) is 13.0. The highest BCUT2D eigenvalue weighted by molar-refractivity contribution is 5.92. The Morgan fingerprint density at radius 2 is 1.85 bits per heavy atom. The molecule has 0 atom stereocenters. The average Bonchev–Trinajstić information content (AvgIpc) is 2.67. The van der Waals surface area contributed by atoms with Crippen LogP contribution in [0.2, 0.25) is 0 Å². The van der Waals surface area contributed by atoms with Crippen LogP contribution in [0.1, 0.15) is 25.8 Å². The molecule has 142 valence electrons. The first kappa shape index (κ1) is 20.2. The molecule has 2 heterocycles. The quantitative estimate of drug-likeness (QED) is 0.730. The maximum atomic E-state index is 12.0. The van der Waals surface area contributed by atoms with Gasteiger partial charge in [-0.2, -0.15) is 4.98 Å².